The Bertz CT molecular complexity index is 726. The van der Waals surface area contributed by atoms with Crippen molar-refractivity contribution in [3.05, 3.63) is 59.2 Å². The van der Waals surface area contributed by atoms with Gasteiger partial charge in [0.05, 0.1) is 0 Å². The van der Waals surface area contributed by atoms with Crippen LogP contribution in [0.4, 0.5) is 5.69 Å². The van der Waals surface area contributed by atoms with Crippen LogP contribution >= 0.6 is 0 Å². The molecule has 0 aliphatic carbocycles. The lowest BCUT2D eigenvalue weighted by Crippen LogP contribution is -2.36. The van der Waals surface area contributed by atoms with E-state index in [1.54, 1.807) is 6.92 Å². The topological polar surface area (TPSA) is 40.5 Å². The molecule has 0 spiro atoms. The number of anilines is 1. The summed E-state index contributed by atoms with van der Waals surface area (Å²) in [7, 11) is 0. The van der Waals surface area contributed by atoms with E-state index in [2.05, 4.69) is 50.8 Å². The molecule has 25 heavy (non-hydrogen) atoms. The molecular weight excluding hydrogens is 310 g/mol. The lowest BCUT2D eigenvalue weighted by molar-refractivity contribution is -0.131. The predicted octanol–water partition coefficient (Wildman–Crippen LogP) is 5.40. The molecular formula is C22H29NO2. The lowest BCUT2D eigenvalue weighted by Gasteiger charge is -2.37. The fourth-order valence-electron chi connectivity index (χ4n) is 3.28. The van der Waals surface area contributed by atoms with Crippen molar-refractivity contribution in [2.75, 3.05) is 11.4 Å². The molecule has 0 amide bonds. The van der Waals surface area contributed by atoms with Crippen molar-refractivity contribution >= 4 is 17.2 Å². The van der Waals surface area contributed by atoms with Crippen molar-refractivity contribution in [1.29, 1.82) is 0 Å². The Morgan fingerprint density at radius 2 is 2.04 bits per heavy atom. The van der Waals surface area contributed by atoms with Crippen LogP contribution in [-0.4, -0.2) is 23.7 Å². The Balaban J connectivity index is 2.26. The van der Waals surface area contributed by atoms with E-state index in [1.165, 1.54) is 34.9 Å². The molecule has 0 saturated carbocycles. The zero-order chi connectivity index (χ0) is 18.6. The molecule has 1 atom stereocenters. The first kappa shape index (κ1) is 19.0. The van der Waals surface area contributed by atoms with Crippen molar-refractivity contribution in [2.45, 2.75) is 53.0 Å². The first-order valence-electron chi connectivity index (χ1n) is 8.96. The van der Waals surface area contributed by atoms with Crippen LogP contribution in [0.25, 0.3) is 5.57 Å². The minimum atomic E-state index is -0.916. The van der Waals surface area contributed by atoms with Gasteiger partial charge in [0.2, 0.25) is 0 Å². The fraction of sp³-hybridized carbons (Fsp3) is 0.409. The van der Waals surface area contributed by atoms with E-state index < -0.39 is 5.97 Å². The molecule has 1 aliphatic heterocycles. The van der Waals surface area contributed by atoms with Crippen molar-refractivity contribution in [3.8, 4) is 0 Å². The van der Waals surface area contributed by atoms with Gasteiger partial charge in [-0.2, -0.15) is 0 Å². The highest BCUT2D eigenvalue weighted by Crippen LogP contribution is 2.37. The third kappa shape index (κ3) is 4.85. The van der Waals surface area contributed by atoms with Crippen LogP contribution in [0.2, 0.25) is 0 Å². The molecule has 134 valence electrons. The number of carboxylic acid groups (broad SMARTS) is 1. The standard InChI is InChI=1S/C22H29NO2/c1-15(2)23-12-11-18(5)20-14-19(9-10-21(20)23)17(4)8-6-7-16(3)13-22(24)25/h6-10,13-15,18H,11-12H2,1-5H3,(H,24,25). The maximum absolute atomic E-state index is 10.6. The molecule has 3 nitrogen and oxygen atoms in total. The number of hydrogen-bond donors (Lipinski definition) is 1. The van der Waals surface area contributed by atoms with Gasteiger partial charge >= 0.3 is 5.97 Å². The predicted molar refractivity (Wildman–Crippen MR) is 106 cm³/mol. The smallest absolute Gasteiger partial charge is 0.328 e. The molecule has 0 radical (unpaired) electrons. The van der Waals surface area contributed by atoms with Crippen LogP contribution in [0.3, 0.4) is 0 Å². The van der Waals surface area contributed by atoms with Gasteiger partial charge in [0.1, 0.15) is 0 Å². The minimum Gasteiger partial charge on any atom is -0.478 e. The number of nitrogens with zero attached hydrogens (tertiary/aromatic N) is 1. The maximum atomic E-state index is 10.6. The summed E-state index contributed by atoms with van der Waals surface area (Å²) in [6, 6.07) is 7.26. The molecule has 0 aromatic heterocycles. The monoisotopic (exact) mass is 339 g/mol. The van der Waals surface area contributed by atoms with E-state index in [-0.39, 0.29) is 0 Å². The summed E-state index contributed by atoms with van der Waals surface area (Å²) in [4.78, 5) is 13.1. The van der Waals surface area contributed by atoms with Gasteiger partial charge in [-0.05, 0) is 74.4 Å². The van der Waals surface area contributed by atoms with Crippen LogP contribution in [-0.2, 0) is 4.79 Å². The van der Waals surface area contributed by atoms with Gasteiger partial charge < -0.3 is 10.0 Å². The number of rotatable bonds is 5. The van der Waals surface area contributed by atoms with Crippen molar-refractivity contribution in [1.82, 2.24) is 0 Å². The second kappa shape index (κ2) is 8.19. The first-order chi connectivity index (χ1) is 11.8. The summed E-state index contributed by atoms with van der Waals surface area (Å²) in [5, 5.41) is 8.74. The number of fused-ring (bicyclic) bond motifs is 1. The Labute approximate surface area is 151 Å². The molecule has 1 aromatic carbocycles. The molecule has 2 rings (SSSR count). The third-order valence-corrected chi connectivity index (χ3v) is 4.81. The van der Waals surface area contributed by atoms with E-state index in [9.17, 15) is 4.79 Å². The Morgan fingerprint density at radius 3 is 2.68 bits per heavy atom. The fourth-order valence-corrected chi connectivity index (χ4v) is 3.28. The summed E-state index contributed by atoms with van der Waals surface area (Å²) in [5.41, 5.74) is 5.91. The summed E-state index contributed by atoms with van der Waals surface area (Å²) in [6.07, 6.45) is 8.17. The largest absolute Gasteiger partial charge is 0.478 e. The number of hydrogen-bond acceptors (Lipinski definition) is 2. The molecule has 3 heteroatoms. The molecule has 1 aliphatic rings. The van der Waals surface area contributed by atoms with Crippen molar-refractivity contribution in [3.63, 3.8) is 0 Å². The number of carboxylic acids is 1. The van der Waals surface area contributed by atoms with E-state index in [0.717, 1.165) is 12.1 Å². The van der Waals surface area contributed by atoms with E-state index in [1.807, 2.05) is 18.2 Å². The average Bonchev–Trinajstić information content (AvgIpc) is 2.53. The maximum Gasteiger partial charge on any atom is 0.328 e. The van der Waals surface area contributed by atoms with Crippen LogP contribution < -0.4 is 4.90 Å². The normalized spacial score (nSPS) is 18.8. The van der Waals surface area contributed by atoms with Gasteiger partial charge in [-0.25, -0.2) is 4.79 Å². The van der Waals surface area contributed by atoms with Crippen LogP contribution in [0.5, 0.6) is 0 Å². The Kier molecular flexibility index (Phi) is 6.24. The summed E-state index contributed by atoms with van der Waals surface area (Å²) in [6.45, 7) is 11.8. The van der Waals surface area contributed by atoms with E-state index >= 15 is 0 Å². The minimum absolute atomic E-state index is 0.515. The summed E-state index contributed by atoms with van der Waals surface area (Å²) in [5.74, 6) is -0.338. The molecule has 1 heterocycles. The highest BCUT2D eigenvalue weighted by molar-refractivity contribution is 5.81. The Morgan fingerprint density at radius 1 is 1.32 bits per heavy atom. The molecule has 1 unspecified atom stereocenters. The lowest BCUT2D eigenvalue weighted by atomic mass is 9.88. The zero-order valence-corrected chi connectivity index (χ0v) is 15.9. The van der Waals surface area contributed by atoms with Gasteiger partial charge in [-0.1, -0.05) is 31.2 Å². The SMILES string of the molecule is CC(C=CC=C(C)c1ccc2c(c1)C(C)CCN2C(C)C)=CC(=O)O. The van der Waals surface area contributed by atoms with Gasteiger partial charge in [-0.3, -0.25) is 0 Å². The summed E-state index contributed by atoms with van der Waals surface area (Å²) >= 11 is 0. The number of benzene rings is 1. The zero-order valence-electron chi connectivity index (χ0n) is 15.9. The number of allylic oxidation sites excluding steroid dienone is 5. The molecule has 1 aromatic rings. The Hall–Kier alpha value is -2.29. The van der Waals surface area contributed by atoms with Gasteiger partial charge in [0.25, 0.3) is 0 Å². The quantitative estimate of drug-likeness (QED) is 0.577. The van der Waals surface area contributed by atoms with Gasteiger partial charge in [-0.15, -0.1) is 0 Å². The van der Waals surface area contributed by atoms with Crippen molar-refractivity contribution in [2.24, 2.45) is 0 Å². The van der Waals surface area contributed by atoms with E-state index in [0.29, 0.717) is 12.0 Å². The number of aliphatic carboxylic acids is 1. The second-order valence-electron chi connectivity index (χ2n) is 7.19. The highest BCUT2D eigenvalue weighted by Gasteiger charge is 2.24. The third-order valence-electron chi connectivity index (χ3n) is 4.81. The van der Waals surface area contributed by atoms with Gasteiger partial charge in [0, 0.05) is 24.4 Å². The van der Waals surface area contributed by atoms with Crippen LogP contribution in [0.1, 0.15) is 58.1 Å². The van der Waals surface area contributed by atoms with Crippen LogP contribution in [0, 0.1) is 0 Å². The molecule has 0 fully saturated rings. The van der Waals surface area contributed by atoms with Crippen LogP contribution in [0.15, 0.2) is 48.1 Å². The average molecular weight is 339 g/mol. The van der Waals surface area contributed by atoms with E-state index in [4.69, 9.17) is 5.11 Å². The molecule has 0 bridgehead atoms. The molecule has 0 saturated heterocycles. The molecule has 1 N–H and O–H groups in total. The van der Waals surface area contributed by atoms with Gasteiger partial charge in [0.15, 0.2) is 0 Å². The second-order valence-corrected chi connectivity index (χ2v) is 7.19. The highest BCUT2D eigenvalue weighted by atomic mass is 16.4. The first-order valence-corrected chi connectivity index (χ1v) is 8.96. The number of carbonyl (C=O) groups is 1. The summed E-state index contributed by atoms with van der Waals surface area (Å²) < 4.78 is 0. The van der Waals surface area contributed by atoms with Crippen molar-refractivity contribution < 1.29 is 9.90 Å².